The Morgan fingerprint density at radius 1 is 1.17 bits per heavy atom. The molecular formula is C14H15N3O. The highest BCUT2D eigenvalue weighted by Gasteiger charge is 2.12. The topological polar surface area (TPSA) is 56.9 Å². The molecule has 0 bridgehead atoms. The van der Waals surface area contributed by atoms with Crippen LogP contribution in [0.2, 0.25) is 0 Å². The number of aromatic nitrogens is 1. The molecule has 2 aromatic rings. The van der Waals surface area contributed by atoms with Gasteiger partial charge in [-0.2, -0.15) is 0 Å². The molecule has 0 atom stereocenters. The lowest BCUT2D eigenvalue weighted by Crippen LogP contribution is -2.24. The zero-order valence-corrected chi connectivity index (χ0v) is 9.99. The SMILES string of the molecule is O=c1ccc(Nc2cccc3c2CNCC3)c[nH]1. The summed E-state index contributed by atoms with van der Waals surface area (Å²) in [6.45, 7) is 1.93. The van der Waals surface area contributed by atoms with E-state index < -0.39 is 0 Å². The highest BCUT2D eigenvalue weighted by molar-refractivity contribution is 5.64. The number of pyridine rings is 1. The highest BCUT2D eigenvalue weighted by Crippen LogP contribution is 2.25. The van der Waals surface area contributed by atoms with Crippen molar-refractivity contribution >= 4 is 11.4 Å². The molecular weight excluding hydrogens is 226 g/mol. The quantitative estimate of drug-likeness (QED) is 0.751. The van der Waals surface area contributed by atoms with Crippen molar-refractivity contribution in [3.8, 4) is 0 Å². The van der Waals surface area contributed by atoms with Crippen molar-refractivity contribution in [2.75, 3.05) is 11.9 Å². The first-order valence-electron chi connectivity index (χ1n) is 6.10. The summed E-state index contributed by atoms with van der Waals surface area (Å²) in [4.78, 5) is 13.7. The number of aromatic amines is 1. The second-order valence-corrected chi connectivity index (χ2v) is 4.44. The maximum absolute atomic E-state index is 11.0. The number of H-pyrrole nitrogens is 1. The normalized spacial score (nSPS) is 14.0. The van der Waals surface area contributed by atoms with Gasteiger partial charge in [-0.3, -0.25) is 4.79 Å². The van der Waals surface area contributed by atoms with Crippen molar-refractivity contribution in [1.82, 2.24) is 10.3 Å². The molecule has 0 fully saturated rings. The van der Waals surface area contributed by atoms with Crippen molar-refractivity contribution in [3.05, 3.63) is 58.0 Å². The number of benzene rings is 1. The molecule has 4 nitrogen and oxygen atoms in total. The standard InChI is InChI=1S/C14H15N3O/c18-14-5-4-11(8-16-14)17-13-3-1-2-10-6-7-15-9-12(10)13/h1-5,8,15,17H,6-7,9H2,(H,16,18). The molecule has 1 aromatic heterocycles. The number of hydrogen-bond acceptors (Lipinski definition) is 3. The van der Waals surface area contributed by atoms with E-state index in [1.54, 1.807) is 12.3 Å². The Labute approximate surface area is 105 Å². The van der Waals surface area contributed by atoms with Crippen molar-refractivity contribution in [2.24, 2.45) is 0 Å². The van der Waals surface area contributed by atoms with Gasteiger partial charge in [0.05, 0.1) is 5.69 Å². The van der Waals surface area contributed by atoms with Crippen LogP contribution in [0.4, 0.5) is 11.4 Å². The van der Waals surface area contributed by atoms with Crippen LogP contribution < -0.4 is 16.2 Å². The van der Waals surface area contributed by atoms with Gasteiger partial charge in [-0.25, -0.2) is 0 Å². The van der Waals surface area contributed by atoms with Crippen LogP contribution in [-0.4, -0.2) is 11.5 Å². The fourth-order valence-electron chi connectivity index (χ4n) is 2.28. The Balaban J connectivity index is 1.93. The van der Waals surface area contributed by atoms with E-state index in [1.807, 2.05) is 0 Å². The molecule has 92 valence electrons. The largest absolute Gasteiger partial charge is 0.354 e. The molecule has 3 rings (SSSR count). The van der Waals surface area contributed by atoms with Gasteiger partial charge >= 0.3 is 0 Å². The van der Waals surface area contributed by atoms with Crippen LogP contribution in [0.25, 0.3) is 0 Å². The predicted molar refractivity (Wildman–Crippen MR) is 72.2 cm³/mol. The zero-order chi connectivity index (χ0) is 12.4. The molecule has 1 aliphatic rings. The Morgan fingerprint density at radius 2 is 2.11 bits per heavy atom. The molecule has 0 aliphatic carbocycles. The maximum Gasteiger partial charge on any atom is 0.248 e. The first-order valence-corrected chi connectivity index (χ1v) is 6.10. The predicted octanol–water partition coefficient (Wildman–Crippen LogP) is 1.76. The highest BCUT2D eigenvalue weighted by atomic mass is 16.1. The summed E-state index contributed by atoms with van der Waals surface area (Å²) < 4.78 is 0. The summed E-state index contributed by atoms with van der Waals surface area (Å²) >= 11 is 0. The Kier molecular flexibility index (Phi) is 2.86. The van der Waals surface area contributed by atoms with Crippen LogP contribution in [0.15, 0.2) is 41.3 Å². The summed E-state index contributed by atoms with van der Waals surface area (Å²) in [6.07, 6.45) is 2.76. The summed E-state index contributed by atoms with van der Waals surface area (Å²) in [6, 6.07) is 9.62. The van der Waals surface area contributed by atoms with E-state index in [1.165, 1.54) is 17.2 Å². The number of fused-ring (bicyclic) bond motifs is 1. The third-order valence-electron chi connectivity index (χ3n) is 3.21. The lowest BCUT2D eigenvalue weighted by Gasteiger charge is -2.21. The zero-order valence-electron chi connectivity index (χ0n) is 9.99. The van der Waals surface area contributed by atoms with Gasteiger partial charge in [0.2, 0.25) is 5.56 Å². The summed E-state index contributed by atoms with van der Waals surface area (Å²) in [5, 5.41) is 6.73. The minimum absolute atomic E-state index is 0.0858. The fourth-order valence-corrected chi connectivity index (χ4v) is 2.28. The molecule has 3 N–H and O–H groups in total. The molecule has 1 aromatic carbocycles. The molecule has 18 heavy (non-hydrogen) atoms. The van der Waals surface area contributed by atoms with E-state index in [2.05, 4.69) is 33.8 Å². The molecule has 0 amide bonds. The van der Waals surface area contributed by atoms with E-state index in [9.17, 15) is 4.79 Å². The molecule has 0 unspecified atom stereocenters. The van der Waals surface area contributed by atoms with Crippen LogP contribution in [0, 0.1) is 0 Å². The fraction of sp³-hybridized carbons (Fsp3) is 0.214. The number of rotatable bonds is 2. The van der Waals surface area contributed by atoms with E-state index in [-0.39, 0.29) is 5.56 Å². The first kappa shape index (κ1) is 11.0. The van der Waals surface area contributed by atoms with Gasteiger partial charge in [-0.15, -0.1) is 0 Å². The molecule has 0 spiro atoms. The van der Waals surface area contributed by atoms with Crippen LogP contribution in [0.1, 0.15) is 11.1 Å². The average molecular weight is 241 g/mol. The van der Waals surface area contributed by atoms with Crippen LogP contribution in [0.3, 0.4) is 0 Å². The third-order valence-corrected chi connectivity index (χ3v) is 3.21. The van der Waals surface area contributed by atoms with E-state index >= 15 is 0 Å². The lowest BCUT2D eigenvalue weighted by molar-refractivity contribution is 0.645. The molecule has 0 radical (unpaired) electrons. The van der Waals surface area contributed by atoms with E-state index in [4.69, 9.17) is 0 Å². The van der Waals surface area contributed by atoms with Crippen molar-refractivity contribution in [3.63, 3.8) is 0 Å². The van der Waals surface area contributed by atoms with Crippen molar-refractivity contribution in [2.45, 2.75) is 13.0 Å². The van der Waals surface area contributed by atoms with Gasteiger partial charge < -0.3 is 15.6 Å². The molecule has 4 heteroatoms. The van der Waals surface area contributed by atoms with E-state index in [0.29, 0.717) is 0 Å². The third kappa shape index (κ3) is 2.15. The molecule has 1 aliphatic heterocycles. The van der Waals surface area contributed by atoms with Crippen molar-refractivity contribution < 1.29 is 0 Å². The summed E-state index contributed by atoms with van der Waals surface area (Å²) in [7, 11) is 0. The Morgan fingerprint density at radius 3 is 2.94 bits per heavy atom. The number of hydrogen-bond donors (Lipinski definition) is 3. The van der Waals surface area contributed by atoms with Crippen molar-refractivity contribution in [1.29, 1.82) is 0 Å². The van der Waals surface area contributed by atoms with Gasteiger partial charge in [0.25, 0.3) is 0 Å². The second-order valence-electron chi connectivity index (χ2n) is 4.44. The molecule has 2 heterocycles. The average Bonchev–Trinajstić information content (AvgIpc) is 2.42. The lowest BCUT2D eigenvalue weighted by atomic mass is 9.99. The van der Waals surface area contributed by atoms with Crippen LogP contribution in [-0.2, 0) is 13.0 Å². The minimum Gasteiger partial charge on any atom is -0.354 e. The summed E-state index contributed by atoms with van der Waals surface area (Å²) in [5.74, 6) is 0. The van der Waals surface area contributed by atoms with Gasteiger partial charge in [0.1, 0.15) is 0 Å². The molecule has 0 saturated heterocycles. The Bertz CT molecular complexity index is 598. The second kappa shape index (κ2) is 4.66. The van der Waals surface area contributed by atoms with Crippen LogP contribution in [0.5, 0.6) is 0 Å². The monoisotopic (exact) mass is 241 g/mol. The minimum atomic E-state index is -0.0858. The smallest absolute Gasteiger partial charge is 0.248 e. The maximum atomic E-state index is 11.0. The van der Waals surface area contributed by atoms with Gasteiger partial charge in [0.15, 0.2) is 0 Å². The van der Waals surface area contributed by atoms with Gasteiger partial charge in [-0.05, 0) is 36.2 Å². The van der Waals surface area contributed by atoms with Gasteiger partial charge in [0, 0.05) is 24.5 Å². The van der Waals surface area contributed by atoms with Gasteiger partial charge in [-0.1, -0.05) is 12.1 Å². The van der Waals surface area contributed by atoms with E-state index in [0.717, 1.165) is 30.9 Å². The Hall–Kier alpha value is -2.07. The number of nitrogens with one attached hydrogen (secondary N) is 3. The molecule has 0 saturated carbocycles. The summed E-state index contributed by atoms with van der Waals surface area (Å²) in [5.41, 5.74) is 4.62. The number of anilines is 2. The first-order chi connectivity index (χ1) is 8.83. The van der Waals surface area contributed by atoms with Crippen LogP contribution >= 0.6 is 0 Å².